The maximum atomic E-state index is 12.1. The normalized spacial score (nSPS) is 11.9. The number of hydrogen-bond donors (Lipinski definition) is 1. The topological polar surface area (TPSA) is 29.1 Å². The van der Waals surface area contributed by atoms with Crippen molar-refractivity contribution in [1.82, 2.24) is 5.32 Å². The fourth-order valence-electron chi connectivity index (χ4n) is 2.14. The fourth-order valence-corrected chi connectivity index (χ4v) is 2.14. The van der Waals surface area contributed by atoms with E-state index in [1.165, 1.54) is 5.56 Å². The van der Waals surface area contributed by atoms with Crippen LogP contribution >= 0.6 is 0 Å². The molecule has 2 heteroatoms. The Morgan fingerprint density at radius 1 is 1.00 bits per heavy atom. The zero-order valence-corrected chi connectivity index (χ0v) is 11.6. The molecule has 19 heavy (non-hydrogen) atoms. The molecule has 0 fully saturated rings. The molecule has 98 valence electrons. The summed E-state index contributed by atoms with van der Waals surface area (Å²) < 4.78 is 0. The molecule has 0 radical (unpaired) electrons. The van der Waals surface area contributed by atoms with Crippen LogP contribution in [0.1, 0.15) is 40.0 Å². The minimum atomic E-state index is -0.0317. The maximum absolute atomic E-state index is 12.1. The molecule has 0 aromatic heterocycles. The third-order valence-corrected chi connectivity index (χ3v) is 3.32. The Balaban J connectivity index is 2.11. The van der Waals surface area contributed by atoms with Crippen molar-refractivity contribution in [3.05, 3.63) is 70.8 Å². The highest BCUT2D eigenvalue weighted by Gasteiger charge is 2.12. The van der Waals surface area contributed by atoms with Crippen LogP contribution < -0.4 is 5.32 Å². The molecule has 0 spiro atoms. The number of hydrogen-bond acceptors (Lipinski definition) is 1. The molecule has 1 unspecified atom stereocenters. The van der Waals surface area contributed by atoms with Crippen molar-refractivity contribution in [2.24, 2.45) is 0 Å². The molecule has 0 saturated carbocycles. The second kappa shape index (κ2) is 5.70. The minimum absolute atomic E-state index is 0.00926. The monoisotopic (exact) mass is 253 g/mol. The number of amides is 1. The lowest BCUT2D eigenvalue weighted by Crippen LogP contribution is -2.27. The van der Waals surface area contributed by atoms with E-state index in [0.29, 0.717) is 5.56 Å². The molecule has 0 heterocycles. The van der Waals surface area contributed by atoms with Crippen LogP contribution in [0.5, 0.6) is 0 Å². The highest BCUT2D eigenvalue weighted by molar-refractivity contribution is 5.94. The third kappa shape index (κ3) is 3.22. The van der Waals surface area contributed by atoms with Crippen LogP contribution in [-0.4, -0.2) is 5.91 Å². The lowest BCUT2D eigenvalue weighted by atomic mass is 10.0. The Labute approximate surface area is 114 Å². The first-order valence-corrected chi connectivity index (χ1v) is 6.51. The summed E-state index contributed by atoms with van der Waals surface area (Å²) in [5.41, 5.74) is 4.21. The van der Waals surface area contributed by atoms with Crippen LogP contribution in [0, 0.1) is 13.8 Å². The van der Waals surface area contributed by atoms with Gasteiger partial charge in [0.05, 0.1) is 6.04 Å². The molecule has 2 aromatic carbocycles. The molecule has 0 bridgehead atoms. The number of rotatable bonds is 3. The van der Waals surface area contributed by atoms with Gasteiger partial charge in [0.25, 0.3) is 5.91 Å². The number of carbonyl (C=O) groups is 1. The van der Waals surface area contributed by atoms with E-state index in [4.69, 9.17) is 0 Å². The van der Waals surface area contributed by atoms with Gasteiger partial charge >= 0.3 is 0 Å². The Morgan fingerprint density at radius 2 is 1.63 bits per heavy atom. The van der Waals surface area contributed by atoms with Crippen molar-refractivity contribution in [2.75, 3.05) is 0 Å². The second-order valence-corrected chi connectivity index (χ2v) is 4.92. The van der Waals surface area contributed by atoms with Crippen molar-refractivity contribution in [3.63, 3.8) is 0 Å². The summed E-state index contributed by atoms with van der Waals surface area (Å²) in [4.78, 5) is 12.1. The molecule has 0 aliphatic carbocycles. The zero-order chi connectivity index (χ0) is 13.8. The quantitative estimate of drug-likeness (QED) is 0.885. The summed E-state index contributed by atoms with van der Waals surface area (Å²) in [5, 5.41) is 3.03. The first kappa shape index (κ1) is 13.3. The summed E-state index contributed by atoms with van der Waals surface area (Å²) in [6.07, 6.45) is 0. The molecular weight excluding hydrogens is 234 g/mol. The summed E-state index contributed by atoms with van der Waals surface area (Å²) in [7, 11) is 0. The number of nitrogens with one attached hydrogen (secondary N) is 1. The summed E-state index contributed by atoms with van der Waals surface area (Å²) in [6.45, 7) is 6.08. The van der Waals surface area contributed by atoms with E-state index in [0.717, 1.165) is 11.1 Å². The summed E-state index contributed by atoms with van der Waals surface area (Å²) in [6, 6.07) is 15.7. The van der Waals surface area contributed by atoms with Crippen LogP contribution in [-0.2, 0) is 0 Å². The average molecular weight is 253 g/mol. The molecule has 0 aliphatic heterocycles. The van der Waals surface area contributed by atoms with Crippen molar-refractivity contribution in [2.45, 2.75) is 26.8 Å². The van der Waals surface area contributed by atoms with Crippen molar-refractivity contribution in [3.8, 4) is 0 Å². The second-order valence-electron chi connectivity index (χ2n) is 4.92. The predicted molar refractivity (Wildman–Crippen MR) is 78.2 cm³/mol. The standard InChI is InChI=1S/C17H19NO/c1-12-8-10-15(11-9-12)17(19)18-14(3)16-7-5-4-6-13(16)2/h4-11,14H,1-3H3,(H,18,19). The van der Waals surface area contributed by atoms with Crippen LogP contribution in [0.2, 0.25) is 0 Å². The fraction of sp³-hybridized carbons (Fsp3) is 0.235. The van der Waals surface area contributed by atoms with Gasteiger partial charge in [-0.3, -0.25) is 4.79 Å². The predicted octanol–water partition coefficient (Wildman–Crippen LogP) is 3.79. The Bertz CT molecular complexity index is 572. The van der Waals surface area contributed by atoms with Gasteiger partial charge in [0, 0.05) is 5.56 Å². The Morgan fingerprint density at radius 3 is 2.26 bits per heavy atom. The molecule has 2 aromatic rings. The molecule has 1 N–H and O–H groups in total. The van der Waals surface area contributed by atoms with E-state index in [-0.39, 0.29) is 11.9 Å². The van der Waals surface area contributed by atoms with Gasteiger partial charge in [-0.05, 0) is 44.0 Å². The van der Waals surface area contributed by atoms with Gasteiger partial charge in [-0.15, -0.1) is 0 Å². The van der Waals surface area contributed by atoms with Crippen molar-refractivity contribution < 1.29 is 4.79 Å². The number of benzene rings is 2. The van der Waals surface area contributed by atoms with E-state index in [9.17, 15) is 4.79 Å². The minimum Gasteiger partial charge on any atom is -0.346 e. The largest absolute Gasteiger partial charge is 0.346 e. The lowest BCUT2D eigenvalue weighted by molar-refractivity contribution is 0.0940. The van der Waals surface area contributed by atoms with Gasteiger partial charge in [0.1, 0.15) is 0 Å². The number of carbonyl (C=O) groups excluding carboxylic acids is 1. The highest BCUT2D eigenvalue weighted by Crippen LogP contribution is 2.17. The lowest BCUT2D eigenvalue weighted by Gasteiger charge is -2.16. The van der Waals surface area contributed by atoms with Crippen molar-refractivity contribution in [1.29, 1.82) is 0 Å². The van der Waals surface area contributed by atoms with E-state index < -0.39 is 0 Å². The molecular formula is C17H19NO. The smallest absolute Gasteiger partial charge is 0.251 e. The molecule has 0 saturated heterocycles. The summed E-state index contributed by atoms with van der Waals surface area (Å²) in [5.74, 6) is -0.0317. The van der Waals surface area contributed by atoms with E-state index in [1.54, 1.807) is 0 Å². The van der Waals surface area contributed by atoms with Gasteiger partial charge < -0.3 is 5.32 Å². The number of aryl methyl sites for hydroxylation is 2. The van der Waals surface area contributed by atoms with Crippen molar-refractivity contribution >= 4 is 5.91 Å². The van der Waals surface area contributed by atoms with Gasteiger partial charge in [0.15, 0.2) is 0 Å². The van der Waals surface area contributed by atoms with E-state index >= 15 is 0 Å². The van der Waals surface area contributed by atoms with Crippen LogP contribution in [0.25, 0.3) is 0 Å². The SMILES string of the molecule is Cc1ccc(C(=O)NC(C)c2ccccc2C)cc1. The van der Waals surface area contributed by atoms with E-state index in [2.05, 4.69) is 24.4 Å². The van der Waals surface area contributed by atoms with Crippen LogP contribution in [0.15, 0.2) is 48.5 Å². The first-order chi connectivity index (χ1) is 9.08. The third-order valence-electron chi connectivity index (χ3n) is 3.32. The highest BCUT2D eigenvalue weighted by atomic mass is 16.1. The molecule has 1 amide bonds. The van der Waals surface area contributed by atoms with Gasteiger partial charge in [0.2, 0.25) is 0 Å². The van der Waals surface area contributed by atoms with E-state index in [1.807, 2.05) is 50.2 Å². The Kier molecular flexibility index (Phi) is 4.00. The average Bonchev–Trinajstić information content (AvgIpc) is 2.39. The van der Waals surface area contributed by atoms with Gasteiger partial charge in [-0.2, -0.15) is 0 Å². The molecule has 2 nitrogen and oxygen atoms in total. The molecule has 0 aliphatic rings. The zero-order valence-electron chi connectivity index (χ0n) is 11.6. The van der Waals surface area contributed by atoms with Crippen LogP contribution in [0.3, 0.4) is 0 Å². The van der Waals surface area contributed by atoms with Crippen LogP contribution in [0.4, 0.5) is 0 Å². The molecule has 2 rings (SSSR count). The Hall–Kier alpha value is -2.09. The van der Waals surface area contributed by atoms with Gasteiger partial charge in [-0.25, -0.2) is 0 Å². The summed E-state index contributed by atoms with van der Waals surface area (Å²) >= 11 is 0. The first-order valence-electron chi connectivity index (χ1n) is 6.51. The van der Waals surface area contributed by atoms with Gasteiger partial charge in [-0.1, -0.05) is 42.0 Å². The maximum Gasteiger partial charge on any atom is 0.251 e. The molecule has 1 atom stereocenters.